The van der Waals surface area contributed by atoms with Gasteiger partial charge in [0.25, 0.3) is 5.79 Å². The van der Waals surface area contributed by atoms with Gasteiger partial charge in [-0.05, 0) is 24.6 Å². The normalized spacial score (nSPS) is 26.2. The molecule has 1 aliphatic rings. The van der Waals surface area contributed by atoms with Crippen molar-refractivity contribution in [3.63, 3.8) is 0 Å². The first-order valence-electron chi connectivity index (χ1n) is 10.0. The summed E-state index contributed by atoms with van der Waals surface area (Å²) in [5.41, 5.74) is 0.0901. The van der Waals surface area contributed by atoms with Crippen molar-refractivity contribution in [2.24, 2.45) is 0 Å². The Morgan fingerprint density at radius 3 is 2.59 bits per heavy atom. The zero-order valence-electron chi connectivity index (χ0n) is 18.8. The maximum absolute atomic E-state index is 12.1. The summed E-state index contributed by atoms with van der Waals surface area (Å²) in [5.74, 6) is -5.32. The van der Waals surface area contributed by atoms with Crippen molar-refractivity contribution in [1.29, 1.82) is 0 Å². The molecule has 0 aliphatic carbocycles. The average molecular weight is 489 g/mol. The Hall–Kier alpha value is -2.03. The summed E-state index contributed by atoms with van der Waals surface area (Å²) in [6.45, 7) is 1.90. The topological polar surface area (TPSA) is 199 Å². The number of nitrogens with one attached hydrogen (secondary N) is 1. The van der Waals surface area contributed by atoms with E-state index in [9.17, 15) is 39.9 Å². The molecule has 13 heteroatoms. The molecule has 5 N–H and O–H groups in total. The molecule has 4 unspecified atom stereocenters. The summed E-state index contributed by atoms with van der Waals surface area (Å²) in [6.07, 6.45) is -7.76. The van der Waals surface area contributed by atoms with Gasteiger partial charge in [0.1, 0.15) is 35.6 Å². The van der Waals surface area contributed by atoms with Crippen molar-refractivity contribution in [2.45, 2.75) is 56.5 Å². The molecule has 2 aromatic rings. The average Bonchev–Trinajstić information content (AvgIpc) is 2.73. The predicted octanol–water partition coefficient (Wildman–Crippen LogP) is -5.70. The van der Waals surface area contributed by atoms with Crippen LogP contribution in [0.5, 0.6) is 5.75 Å². The number of carbonyl (C=O) groups is 2. The number of hydrogen-bond acceptors (Lipinski definition) is 11. The Morgan fingerprint density at radius 1 is 1.32 bits per heavy atom. The van der Waals surface area contributed by atoms with Crippen molar-refractivity contribution in [3.8, 4) is 5.75 Å². The van der Waals surface area contributed by atoms with E-state index in [4.69, 9.17) is 13.9 Å². The van der Waals surface area contributed by atoms with Crippen LogP contribution in [-0.4, -0.2) is 75.2 Å². The Morgan fingerprint density at radius 2 is 2.00 bits per heavy atom. The van der Waals surface area contributed by atoms with E-state index in [0.717, 1.165) is 6.92 Å². The quantitative estimate of drug-likeness (QED) is 0.183. The molecule has 0 bridgehead atoms. The first kappa shape index (κ1) is 28.2. The van der Waals surface area contributed by atoms with Crippen LogP contribution in [0, 0.1) is 6.92 Å². The molecular weight excluding hydrogens is 465 g/mol. The molecule has 6 atom stereocenters. The summed E-state index contributed by atoms with van der Waals surface area (Å²) < 4.78 is 16.1. The van der Waals surface area contributed by atoms with Crippen LogP contribution < -0.4 is 50.3 Å². The number of rotatable bonds is 7. The first-order valence-corrected chi connectivity index (χ1v) is 10.0. The number of aliphatic hydroxyl groups excluding tert-OH is 4. The van der Waals surface area contributed by atoms with E-state index in [2.05, 4.69) is 5.32 Å². The molecule has 12 nitrogen and oxygen atoms in total. The zero-order valence-corrected chi connectivity index (χ0v) is 20.8. The van der Waals surface area contributed by atoms with Gasteiger partial charge in [-0.1, -0.05) is 0 Å². The SMILES string of the molecule is CC(=O)NC1C(O)CC(Oc2ccc3c(C)cc(=O)oc3c2)(C(=O)[O-])OC1[C@@H](O)[C@@H](O)CO.[Na+]. The van der Waals surface area contributed by atoms with Crippen LogP contribution in [0.25, 0.3) is 11.0 Å². The second kappa shape index (κ2) is 11.1. The molecule has 2 heterocycles. The molecule has 34 heavy (non-hydrogen) atoms. The maximum Gasteiger partial charge on any atom is 1.00 e. The fraction of sp³-hybridized carbons (Fsp3) is 0.476. The van der Waals surface area contributed by atoms with Gasteiger partial charge in [0.2, 0.25) is 5.91 Å². The number of benzene rings is 1. The monoisotopic (exact) mass is 489 g/mol. The number of carboxylic acids is 1. The molecule has 1 amide bonds. The van der Waals surface area contributed by atoms with Crippen LogP contribution in [0.2, 0.25) is 0 Å². The molecule has 1 aliphatic heterocycles. The minimum absolute atomic E-state index is 0. The van der Waals surface area contributed by atoms with Crippen LogP contribution in [0.4, 0.5) is 0 Å². The number of aliphatic carboxylic acids is 1. The minimum Gasteiger partial charge on any atom is -0.543 e. The molecule has 0 spiro atoms. The van der Waals surface area contributed by atoms with Crippen molar-refractivity contribution in [1.82, 2.24) is 5.32 Å². The van der Waals surface area contributed by atoms with E-state index < -0.39 is 66.8 Å². The van der Waals surface area contributed by atoms with Gasteiger partial charge in [-0.15, -0.1) is 0 Å². The molecule has 0 radical (unpaired) electrons. The van der Waals surface area contributed by atoms with Gasteiger partial charge in [0, 0.05) is 30.9 Å². The van der Waals surface area contributed by atoms with E-state index in [0.29, 0.717) is 10.9 Å². The number of amides is 1. The Bertz CT molecular complexity index is 1110. The summed E-state index contributed by atoms with van der Waals surface area (Å²) in [5, 5.41) is 55.1. The van der Waals surface area contributed by atoms with Crippen molar-refractivity contribution < 1.29 is 78.6 Å². The summed E-state index contributed by atoms with van der Waals surface area (Å²) in [7, 11) is 0. The number of carbonyl (C=O) groups excluding carboxylic acids is 2. The third-order valence-electron chi connectivity index (χ3n) is 5.38. The van der Waals surface area contributed by atoms with Crippen molar-refractivity contribution in [2.75, 3.05) is 6.61 Å². The van der Waals surface area contributed by atoms with Gasteiger partial charge in [-0.25, -0.2) is 4.79 Å². The van der Waals surface area contributed by atoms with Gasteiger partial charge >= 0.3 is 35.2 Å². The fourth-order valence-electron chi connectivity index (χ4n) is 3.78. The summed E-state index contributed by atoms with van der Waals surface area (Å²) in [6, 6.07) is 4.09. The van der Waals surface area contributed by atoms with E-state index in [1.54, 1.807) is 6.92 Å². The minimum atomic E-state index is -2.66. The largest absolute Gasteiger partial charge is 1.00 e. The van der Waals surface area contributed by atoms with E-state index in [-0.39, 0.29) is 40.9 Å². The number of fused-ring (bicyclic) bond motifs is 1. The fourth-order valence-corrected chi connectivity index (χ4v) is 3.78. The van der Waals surface area contributed by atoms with Crippen LogP contribution in [0.1, 0.15) is 18.9 Å². The molecule has 1 fully saturated rings. The van der Waals surface area contributed by atoms with Crippen LogP contribution in [-0.2, 0) is 14.3 Å². The van der Waals surface area contributed by atoms with Crippen molar-refractivity contribution >= 4 is 22.8 Å². The van der Waals surface area contributed by atoms with Gasteiger partial charge in [-0.3, -0.25) is 4.79 Å². The molecule has 3 rings (SSSR count). The van der Waals surface area contributed by atoms with Gasteiger partial charge < -0.3 is 49.5 Å². The number of aliphatic hydroxyl groups is 4. The number of aryl methyl sites for hydroxylation is 1. The second-order valence-corrected chi connectivity index (χ2v) is 7.87. The van der Waals surface area contributed by atoms with Crippen LogP contribution >= 0.6 is 0 Å². The molecule has 1 aromatic heterocycles. The van der Waals surface area contributed by atoms with Gasteiger partial charge in [0.05, 0.1) is 18.8 Å². The van der Waals surface area contributed by atoms with E-state index >= 15 is 0 Å². The molecule has 1 saturated heterocycles. The summed E-state index contributed by atoms with van der Waals surface area (Å²) >= 11 is 0. The summed E-state index contributed by atoms with van der Waals surface area (Å²) in [4.78, 5) is 35.4. The second-order valence-electron chi connectivity index (χ2n) is 7.87. The maximum atomic E-state index is 12.1. The Labute approximate surface area is 215 Å². The standard InChI is InChI=1S/C21H25NO11.Na/c1-9-5-16(27)31-15-6-11(3-4-12(9)15)32-21(20(29)30)7-13(25)17(22-10(2)24)19(33-21)18(28)14(26)8-23;/h3-6,13-14,17-19,23,25-26,28H,7-8H2,1-2H3,(H,22,24)(H,29,30);/q;+1/p-1/t13?,14-,17?,18-,19?,21?;/m0./s1. The number of ether oxygens (including phenoxy) is 2. The van der Waals surface area contributed by atoms with E-state index in [1.807, 2.05) is 0 Å². The third kappa shape index (κ3) is 5.78. The number of carboxylic acid groups (broad SMARTS) is 1. The Balaban J connectivity index is 0.00000408. The first-order chi connectivity index (χ1) is 15.5. The Kier molecular flexibility index (Phi) is 9.24. The predicted molar refractivity (Wildman–Crippen MR) is 108 cm³/mol. The number of hydrogen-bond donors (Lipinski definition) is 5. The van der Waals surface area contributed by atoms with Gasteiger partial charge in [0.15, 0.2) is 0 Å². The molecule has 0 saturated carbocycles. The smallest absolute Gasteiger partial charge is 0.543 e. The zero-order chi connectivity index (χ0) is 24.5. The van der Waals surface area contributed by atoms with Gasteiger partial charge in [-0.2, -0.15) is 0 Å². The third-order valence-corrected chi connectivity index (χ3v) is 5.38. The van der Waals surface area contributed by atoms with Crippen LogP contribution in [0.15, 0.2) is 33.5 Å². The molecule has 180 valence electrons. The molecule has 1 aromatic carbocycles. The van der Waals surface area contributed by atoms with E-state index in [1.165, 1.54) is 24.3 Å². The van der Waals surface area contributed by atoms with Crippen LogP contribution in [0.3, 0.4) is 0 Å². The molecular formula is C21H24NNaO11. The van der Waals surface area contributed by atoms with Crippen molar-refractivity contribution in [3.05, 3.63) is 40.2 Å².